The molecule has 1 N–H and O–H groups in total. The van der Waals surface area contributed by atoms with Crippen molar-refractivity contribution in [1.29, 1.82) is 0 Å². The number of benzene rings is 1. The van der Waals surface area contributed by atoms with Crippen LogP contribution in [0.5, 0.6) is 0 Å². The van der Waals surface area contributed by atoms with E-state index < -0.39 is 11.7 Å². The van der Waals surface area contributed by atoms with Crippen molar-refractivity contribution in [3.63, 3.8) is 0 Å². The summed E-state index contributed by atoms with van der Waals surface area (Å²) < 4.78 is 38.2. The summed E-state index contributed by atoms with van der Waals surface area (Å²) in [5.41, 5.74) is -0.0894. The smallest absolute Gasteiger partial charge is 0.314 e. The lowest BCUT2D eigenvalue weighted by molar-refractivity contribution is -0.137. The van der Waals surface area contributed by atoms with Crippen LogP contribution in [-0.2, 0) is 6.18 Å². The second-order valence-electron chi connectivity index (χ2n) is 4.47. The maximum absolute atomic E-state index is 12.7. The molecule has 0 spiro atoms. The van der Waals surface area contributed by atoms with E-state index >= 15 is 0 Å². The molecule has 0 radical (unpaired) electrons. The molecule has 1 heterocycles. The average molecular weight is 279 g/mol. The van der Waals surface area contributed by atoms with E-state index in [0.29, 0.717) is 12.1 Å². The minimum atomic E-state index is -4.36. The van der Waals surface area contributed by atoms with E-state index in [4.69, 9.17) is 11.6 Å². The van der Waals surface area contributed by atoms with Gasteiger partial charge in [0, 0.05) is 30.7 Å². The van der Waals surface area contributed by atoms with E-state index in [9.17, 15) is 13.2 Å². The van der Waals surface area contributed by atoms with E-state index in [1.54, 1.807) is 6.07 Å². The van der Waals surface area contributed by atoms with Gasteiger partial charge in [-0.2, -0.15) is 13.2 Å². The number of hydrogen-bond acceptors (Lipinski definition) is 2. The molecular formula is C12H14ClF3N2. The number of hydrogen-bond donors (Lipinski definition) is 1. The Balaban J connectivity index is 2.35. The number of likely N-dealkylation sites (N-methyl/N-ethyl adjacent to an activating group) is 1. The second-order valence-corrected chi connectivity index (χ2v) is 4.91. The van der Waals surface area contributed by atoms with Crippen molar-refractivity contribution in [3.8, 4) is 0 Å². The Bertz CT molecular complexity index is 434. The predicted octanol–water partition coefficient (Wildman–Crippen LogP) is 2.93. The third kappa shape index (κ3) is 2.96. The number of nitrogens with one attached hydrogen (secondary N) is 1. The first-order valence-corrected chi connectivity index (χ1v) is 6.04. The Morgan fingerprint density at radius 1 is 1.33 bits per heavy atom. The molecule has 2 nitrogen and oxygen atoms in total. The van der Waals surface area contributed by atoms with Crippen molar-refractivity contribution in [1.82, 2.24) is 10.2 Å². The second kappa shape index (κ2) is 5.07. The topological polar surface area (TPSA) is 15.3 Å². The van der Waals surface area contributed by atoms with Gasteiger partial charge in [0.25, 0.3) is 0 Å². The maximum Gasteiger partial charge on any atom is 0.416 e. The van der Waals surface area contributed by atoms with E-state index in [2.05, 4.69) is 5.32 Å². The van der Waals surface area contributed by atoms with Gasteiger partial charge in [-0.15, -0.1) is 0 Å². The molecular weight excluding hydrogens is 265 g/mol. The summed E-state index contributed by atoms with van der Waals surface area (Å²) in [5.74, 6) is 0. The Morgan fingerprint density at radius 2 is 2.06 bits per heavy atom. The molecule has 18 heavy (non-hydrogen) atoms. The SMILES string of the molecule is CN1CCNCC1c1cc(Cl)cc(C(F)(F)F)c1. The first kappa shape index (κ1) is 13.6. The van der Waals surface area contributed by atoms with Crippen LogP contribution in [0.2, 0.25) is 5.02 Å². The standard InChI is InChI=1S/C12H14ClF3N2/c1-18-3-2-17-7-11(18)8-4-9(12(14,15)16)6-10(13)5-8/h4-6,11,17H,2-3,7H2,1H3. The molecule has 0 aliphatic carbocycles. The molecule has 2 rings (SSSR count). The molecule has 1 aliphatic heterocycles. The highest BCUT2D eigenvalue weighted by molar-refractivity contribution is 6.30. The van der Waals surface area contributed by atoms with Gasteiger partial charge in [0.15, 0.2) is 0 Å². The number of halogens is 4. The van der Waals surface area contributed by atoms with Crippen LogP contribution in [0.1, 0.15) is 17.2 Å². The van der Waals surface area contributed by atoms with Gasteiger partial charge < -0.3 is 5.32 Å². The summed E-state index contributed by atoms with van der Waals surface area (Å²) >= 11 is 5.78. The summed E-state index contributed by atoms with van der Waals surface area (Å²) in [6.45, 7) is 2.28. The van der Waals surface area contributed by atoms with E-state index in [-0.39, 0.29) is 11.1 Å². The monoisotopic (exact) mass is 278 g/mol. The van der Waals surface area contributed by atoms with Crippen LogP contribution in [0, 0.1) is 0 Å². The first-order valence-electron chi connectivity index (χ1n) is 5.66. The third-order valence-corrected chi connectivity index (χ3v) is 3.36. The fourth-order valence-corrected chi connectivity index (χ4v) is 2.39. The third-order valence-electron chi connectivity index (χ3n) is 3.14. The van der Waals surface area contributed by atoms with Crippen LogP contribution in [0.3, 0.4) is 0 Å². The average Bonchev–Trinajstić information content (AvgIpc) is 2.27. The fourth-order valence-electron chi connectivity index (χ4n) is 2.15. The van der Waals surface area contributed by atoms with Gasteiger partial charge in [0.05, 0.1) is 5.56 Å². The molecule has 1 aromatic carbocycles. The molecule has 1 atom stereocenters. The van der Waals surface area contributed by atoms with Crippen LogP contribution in [0.25, 0.3) is 0 Å². The molecule has 6 heteroatoms. The van der Waals surface area contributed by atoms with Crippen molar-refractivity contribution in [2.24, 2.45) is 0 Å². The molecule has 1 aliphatic rings. The predicted molar refractivity (Wildman–Crippen MR) is 64.7 cm³/mol. The molecule has 0 saturated carbocycles. The quantitative estimate of drug-likeness (QED) is 0.850. The highest BCUT2D eigenvalue weighted by Gasteiger charge is 2.32. The van der Waals surface area contributed by atoms with Crippen LogP contribution < -0.4 is 5.32 Å². The maximum atomic E-state index is 12.7. The lowest BCUT2D eigenvalue weighted by Crippen LogP contribution is -2.43. The summed E-state index contributed by atoms with van der Waals surface area (Å²) in [6, 6.07) is 3.67. The first-order chi connectivity index (χ1) is 8.38. The van der Waals surface area contributed by atoms with Gasteiger partial charge in [0.2, 0.25) is 0 Å². The Hall–Kier alpha value is -0.780. The van der Waals surface area contributed by atoms with Crippen LogP contribution >= 0.6 is 11.6 Å². The zero-order chi connectivity index (χ0) is 13.3. The molecule has 1 unspecified atom stereocenters. The van der Waals surface area contributed by atoms with Gasteiger partial charge >= 0.3 is 6.18 Å². The van der Waals surface area contributed by atoms with Gasteiger partial charge in [-0.1, -0.05) is 11.6 Å². The van der Waals surface area contributed by atoms with Crippen LogP contribution in [0.4, 0.5) is 13.2 Å². The molecule has 1 saturated heterocycles. The summed E-state index contributed by atoms with van der Waals surface area (Å²) in [4.78, 5) is 2.03. The zero-order valence-corrected chi connectivity index (χ0v) is 10.6. The van der Waals surface area contributed by atoms with Crippen molar-refractivity contribution in [2.75, 3.05) is 26.7 Å². The Labute approximate surface area is 109 Å². The zero-order valence-electron chi connectivity index (χ0n) is 9.89. The highest BCUT2D eigenvalue weighted by atomic mass is 35.5. The Kier molecular flexibility index (Phi) is 3.84. The summed E-state index contributed by atoms with van der Waals surface area (Å²) in [5, 5.41) is 3.30. The Morgan fingerprint density at radius 3 is 2.67 bits per heavy atom. The summed E-state index contributed by atoms with van der Waals surface area (Å²) in [6.07, 6.45) is -4.36. The van der Waals surface area contributed by atoms with Crippen molar-refractivity contribution in [2.45, 2.75) is 12.2 Å². The molecule has 100 valence electrons. The molecule has 0 amide bonds. The minimum absolute atomic E-state index is 0.0708. The largest absolute Gasteiger partial charge is 0.416 e. The van der Waals surface area contributed by atoms with E-state index in [1.807, 2.05) is 11.9 Å². The number of nitrogens with zero attached hydrogens (tertiary/aromatic N) is 1. The molecule has 0 bridgehead atoms. The van der Waals surface area contributed by atoms with Crippen LogP contribution in [0.15, 0.2) is 18.2 Å². The van der Waals surface area contributed by atoms with Gasteiger partial charge in [-0.05, 0) is 30.8 Å². The normalized spacial score (nSPS) is 22.2. The van der Waals surface area contributed by atoms with Crippen LogP contribution in [-0.4, -0.2) is 31.6 Å². The molecule has 1 aromatic rings. The molecule has 0 aromatic heterocycles. The van der Waals surface area contributed by atoms with Crippen molar-refractivity contribution >= 4 is 11.6 Å². The van der Waals surface area contributed by atoms with Gasteiger partial charge in [0.1, 0.15) is 0 Å². The van der Waals surface area contributed by atoms with Gasteiger partial charge in [-0.25, -0.2) is 0 Å². The number of alkyl halides is 3. The van der Waals surface area contributed by atoms with Crippen molar-refractivity contribution < 1.29 is 13.2 Å². The van der Waals surface area contributed by atoms with E-state index in [0.717, 1.165) is 19.2 Å². The summed E-state index contributed by atoms with van der Waals surface area (Å²) in [7, 11) is 1.90. The van der Waals surface area contributed by atoms with Crippen molar-refractivity contribution in [3.05, 3.63) is 34.3 Å². The molecule has 1 fully saturated rings. The minimum Gasteiger partial charge on any atom is -0.314 e. The van der Waals surface area contributed by atoms with E-state index in [1.165, 1.54) is 6.07 Å². The number of rotatable bonds is 1. The van der Waals surface area contributed by atoms with Gasteiger partial charge in [-0.3, -0.25) is 4.90 Å². The lowest BCUT2D eigenvalue weighted by atomic mass is 10.0. The highest BCUT2D eigenvalue weighted by Crippen LogP contribution is 2.34. The lowest BCUT2D eigenvalue weighted by Gasteiger charge is -2.33. The number of piperazine rings is 1. The fraction of sp³-hybridized carbons (Fsp3) is 0.500.